The number of ether oxygens (including phenoxy) is 1. The van der Waals surface area contributed by atoms with Gasteiger partial charge in [0.05, 0.1) is 18.8 Å². The van der Waals surface area contributed by atoms with E-state index in [4.69, 9.17) is 25.9 Å². The van der Waals surface area contributed by atoms with E-state index in [1.54, 1.807) is 0 Å². The number of rotatable bonds is 3. The van der Waals surface area contributed by atoms with Crippen molar-refractivity contribution >= 4 is 27.6 Å². The van der Waals surface area contributed by atoms with Gasteiger partial charge in [-0.15, -0.1) is 0 Å². The van der Waals surface area contributed by atoms with E-state index in [9.17, 15) is 13.2 Å². The lowest BCUT2D eigenvalue weighted by molar-refractivity contribution is -0.0245. The van der Waals surface area contributed by atoms with Crippen molar-refractivity contribution in [1.82, 2.24) is 4.31 Å². The van der Waals surface area contributed by atoms with E-state index in [-0.39, 0.29) is 24.3 Å². The predicted molar refractivity (Wildman–Crippen MR) is 71.9 cm³/mol. The summed E-state index contributed by atoms with van der Waals surface area (Å²) in [7, 11) is -3.91. The lowest BCUT2D eigenvalue weighted by atomic mass is 10.2. The van der Waals surface area contributed by atoms with Gasteiger partial charge in [-0.2, -0.15) is 4.31 Å². The second kappa shape index (κ2) is 5.28. The van der Waals surface area contributed by atoms with E-state index in [1.165, 1.54) is 4.31 Å². The van der Waals surface area contributed by atoms with Gasteiger partial charge in [-0.25, -0.2) is 13.2 Å². The Hall–Kier alpha value is -1.09. The molecule has 1 aromatic rings. The molecule has 1 aliphatic heterocycles. The molecule has 1 saturated heterocycles. The second-order valence-electron chi connectivity index (χ2n) is 5.08. The summed E-state index contributed by atoms with van der Waals surface area (Å²) in [5, 5.41) is 8.07. The van der Waals surface area contributed by atoms with Crippen LogP contribution in [0, 0.1) is 0 Å². The summed E-state index contributed by atoms with van der Waals surface area (Å²) in [6, 6.07) is 0.736. The number of carboxylic acid groups (broad SMARTS) is 1. The molecule has 2 atom stereocenters. The molecule has 116 valence electrons. The molecule has 1 aromatic heterocycles. The Balaban J connectivity index is 1.96. The Kier molecular flexibility index (Phi) is 3.73. The Labute approximate surface area is 126 Å². The molecule has 21 heavy (non-hydrogen) atoms. The van der Waals surface area contributed by atoms with Crippen LogP contribution in [0.4, 0.5) is 0 Å². The van der Waals surface area contributed by atoms with Crippen molar-refractivity contribution < 1.29 is 27.5 Å². The lowest BCUT2D eigenvalue weighted by Crippen LogP contribution is -2.51. The monoisotopic (exact) mass is 335 g/mol. The summed E-state index contributed by atoms with van der Waals surface area (Å²) in [4.78, 5) is 10.9. The molecule has 9 heteroatoms. The van der Waals surface area contributed by atoms with Crippen LogP contribution in [-0.4, -0.2) is 49.1 Å². The molecule has 0 unspecified atom stereocenters. The first kappa shape index (κ1) is 14.8. The second-order valence-corrected chi connectivity index (χ2v) is 7.25. The largest absolute Gasteiger partial charge is 0.478 e. The number of carbonyl (C=O) groups is 1. The fourth-order valence-electron chi connectivity index (χ4n) is 2.92. The highest BCUT2D eigenvalue weighted by Gasteiger charge is 2.43. The van der Waals surface area contributed by atoms with Gasteiger partial charge in [-0.1, -0.05) is 0 Å². The summed E-state index contributed by atoms with van der Waals surface area (Å²) in [6.07, 6.45) is 2.36. The molecule has 1 aliphatic carbocycles. The number of hydrogen-bond acceptors (Lipinski definition) is 5. The molecular weight excluding hydrogens is 322 g/mol. The number of halogens is 1. The van der Waals surface area contributed by atoms with E-state index in [0.717, 1.165) is 25.3 Å². The summed E-state index contributed by atoms with van der Waals surface area (Å²) < 4.78 is 37.2. The van der Waals surface area contributed by atoms with Gasteiger partial charge >= 0.3 is 5.97 Å². The number of nitrogens with zero attached hydrogens (tertiary/aromatic N) is 1. The summed E-state index contributed by atoms with van der Waals surface area (Å²) in [6.45, 7) is 0.546. The maximum Gasteiger partial charge on any atom is 0.340 e. The van der Waals surface area contributed by atoms with Crippen molar-refractivity contribution in [3.63, 3.8) is 0 Å². The minimum absolute atomic E-state index is 0.0992. The van der Waals surface area contributed by atoms with Crippen molar-refractivity contribution in [2.45, 2.75) is 36.5 Å². The topological polar surface area (TPSA) is 97.0 Å². The third kappa shape index (κ3) is 2.46. The molecule has 1 N–H and O–H groups in total. The molecule has 2 fully saturated rings. The molecule has 2 heterocycles. The van der Waals surface area contributed by atoms with E-state index in [0.29, 0.717) is 6.61 Å². The first-order valence-corrected chi connectivity index (χ1v) is 8.39. The van der Waals surface area contributed by atoms with Gasteiger partial charge < -0.3 is 14.3 Å². The quantitative estimate of drug-likeness (QED) is 0.900. The zero-order chi connectivity index (χ0) is 15.2. The number of furan rings is 1. The van der Waals surface area contributed by atoms with Crippen LogP contribution < -0.4 is 0 Å². The fourth-order valence-corrected chi connectivity index (χ4v) is 4.79. The standard InChI is InChI=1S/C12H14ClNO6S/c13-11-7(12(15)16)6-10(20-11)21(17,18)14-4-5-19-9-3-1-2-8(9)14/h6,8-9H,1-5H2,(H,15,16)/t8-,9+/m0/s1. The zero-order valence-electron chi connectivity index (χ0n) is 11.0. The van der Waals surface area contributed by atoms with Crippen molar-refractivity contribution in [3.05, 3.63) is 16.8 Å². The molecular formula is C12H14ClNO6S. The van der Waals surface area contributed by atoms with Crippen LogP contribution >= 0.6 is 11.6 Å². The minimum Gasteiger partial charge on any atom is -0.478 e. The third-order valence-corrected chi connectivity index (χ3v) is 5.95. The van der Waals surface area contributed by atoms with Crippen molar-refractivity contribution in [1.29, 1.82) is 0 Å². The fraction of sp³-hybridized carbons (Fsp3) is 0.583. The Morgan fingerprint density at radius 3 is 2.86 bits per heavy atom. The highest BCUT2D eigenvalue weighted by molar-refractivity contribution is 7.89. The minimum atomic E-state index is -3.91. The van der Waals surface area contributed by atoms with Gasteiger partial charge in [0.15, 0.2) is 0 Å². The smallest absolute Gasteiger partial charge is 0.340 e. The molecule has 0 aromatic carbocycles. The van der Waals surface area contributed by atoms with Crippen molar-refractivity contribution in [2.75, 3.05) is 13.2 Å². The molecule has 0 amide bonds. The molecule has 1 saturated carbocycles. The Morgan fingerprint density at radius 2 is 2.19 bits per heavy atom. The molecule has 7 nitrogen and oxygen atoms in total. The summed E-state index contributed by atoms with van der Waals surface area (Å²) >= 11 is 5.64. The Bertz CT molecular complexity index is 669. The predicted octanol–water partition coefficient (Wildman–Crippen LogP) is 1.57. The average molecular weight is 336 g/mol. The van der Waals surface area contributed by atoms with Crippen LogP contribution in [0.25, 0.3) is 0 Å². The SMILES string of the molecule is O=C(O)c1cc(S(=O)(=O)N2CCO[C@@H]3CCC[C@@H]32)oc1Cl. The highest BCUT2D eigenvalue weighted by Crippen LogP contribution is 2.35. The van der Waals surface area contributed by atoms with Crippen LogP contribution in [0.1, 0.15) is 29.6 Å². The molecule has 0 radical (unpaired) electrons. The number of hydrogen-bond donors (Lipinski definition) is 1. The number of fused-ring (bicyclic) bond motifs is 1. The van der Waals surface area contributed by atoms with E-state index < -0.39 is 26.3 Å². The number of sulfonamides is 1. The molecule has 2 aliphatic rings. The van der Waals surface area contributed by atoms with Gasteiger partial charge in [-0.3, -0.25) is 0 Å². The van der Waals surface area contributed by atoms with Crippen LogP contribution in [0.2, 0.25) is 5.22 Å². The number of aromatic carboxylic acids is 1. The molecule has 0 bridgehead atoms. The van der Waals surface area contributed by atoms with Crippen LogP contribution in [0.15, 0.2) is 15.6 Å². The van der Waals surface area contributed by atoms with Gasteiger partial charge in [0.2, 0.25) is 10.3 Å². The maximum absolute atomic E-state index is 12.6. The van der Waals surface area contributed by atoms with Gasteiger partial charge in [0, 0.05) is 12.6 Å². The molecule has 3 rings (SSSR count). The normalized spacial score (nSPS) is 26.7. The van der Waals surface area contributed by atoms with Crippen LogP contribution in [0.3, 0.4) is 0 Å². The van der Waals surface area contributed by atoms with Crippen LogP contribution in [0.5, 0.6) is 0 Å². The van der Waals surface area contributed by atoms with Gasteiger partial charge in [-0.05, 0) is 30.9 Å². The zero-order valence-corrected chi connectivity index (χ0v) is 12.6. The maximum atomic E-state index is 12.6. The summed E-state index contributed by atoms with van der Waals surface area (Å²) in [5.74, 6) is -1.33. The first-order valence-electron chi connectivity index (χ1n) is 6.57. The highest BCUT2D eigenvalue weighted by atomic mass is 35.5. The first-order chi connectivity index (χ1) is 9.91. The number of carboxylic acids is 1. The lowest BCUT2D eigenvalue weighted by Gasteiger charge is -2.35. The Morgan fingerprint density at radius 1 is 1.43 bits per heavy atom. The number of morpholine rings is 1. The van der Waals surface area contributed by atoms with Gasteiger partial charge in [0.25, 0.3) is 10.0 Å². The molecule has 0 spiro atoms. The van der Waals surface area contributed by atoms with E-state index in [2.05, 4.69) is 0 Å². The van der Waals surface area contributed by atoms with Crippen molar-refractivity contribution in [2.24, 2.45) is 0 Å². The van der Waals surface area contributed by atoms with Gasteiger partial charge in [0.1, 0.15) is 5.56 Å². The third-order valence-electron chi connectivity index (χ3n) is 3.89. The van der Waals surface area contributed by atoms with E-state index >= 15 is 0 Å². The van der Waals surface area contributed by atoms with Crippen LogP contribution in [-0.2, 0) is 14.8 Å². The summed E-state index contributed by atoms with van der Waals surface area (Å²) in [5.41, 5.74) is -0.355. The van der Waals surface area contributed by atoms with E-state index in [1.807, 2.05) is 0 Å². The average Bonchev–Trinajstić information content (AvgIpc) is 3.03. The van der Waals surface area contributed by atoms with Crippen molar-refractivity contribution in [3.8, 4) is 0 Å².